The standard InChI is InChI=1S/C50H36N2O/c1-2-13-31(14-3-1)44-29-35-15-4-5-20-37(35)46-43-26-12-25-38(49(43)53-50(44)46)34-18-10-16-32(27-34)33-17-11-19-36(28-33)45-30-51-47-41-23-8-6-21-39(41)40-22-7-9-24-42(40)48(47)52-45/h4-12,15-31H,1-3,13-14H2. The average Bonchev–Trinajstić information content (AvgIpc) is 3.64. The first kappa shape index (κ1) is 30.3. The first-order valence-corrected chi connectivity index (χ1v) is 18.9. The molecule has 0 spiro atoms. The summed E-state index contributed by atoms with van der Waals surface area (Å²) < 4.78 is 7.03. The van der Waals surface area contributed by atoms with Gasteiger partial charge in [-0.15, -0.1) is 0 Å². The summed E-state index contributed by atoms with van der Waals surface area (Å²) in [6, 6.07) is 52.4. The normalized spacial score (nSPS) is 14.0. The fourth-order valence-electron chi connectivity index (χ4n) is 9.10. The molecule has 0 radical (unpaired) electrons. The van der Waals surface area contributed by atoms with E-state index in [2.05, 4.69) is 146 Å². The number of fused-ring (bicyclic) bond motifs is 11. The summed E-state index contributed by atoms with van der Waals surface area (Å²) in [5.74, 6) is 0.542. The van der Waals surface area contributed by atoms with Gasteiger partial charge in [0.25, 0.3) is 0 Å². The zero-order valence-electron chi connectivity index (χ0n) is 29.3. The highest BCUT2D eigenvalue weighted by molar-refractivity contribution is 6.23. The number of hydrogen-bond acceptors (Lipinski definition) is 3. The Kier molecular flexibility index (Phi) is 6.94. The van der Waals surface area contributed by atoms with E-state index < -0.39 is 0 Å². The molecule has 0 aliphatic heterocycles. The van der Waals surface area contributed by atoms with Crippen molar-refractivity contribution in [3.63, 3.8) is 0 Å². The van der Waals surface area contributed by atoms with Crippen LogP contribution in [0.1, 0.15) is 43.6 Å². The second kappa shape index (κ2) is 12.1. The minimum atomic E-state index is 0.542. The van der Waals surface area contributed by atoms with Crippen LogP contribution in [0.3, 0.4) is 0 Å². The molecule has 0 atom stereocenters. The van der Waals surface area contributed by atoms with E-state index in [-0.39, 0.29) is 0 Å². The van der Waals surface area contributed by atoms with Crippen LogP contribution in [0.5, 0.6) is 0 Å². The van der Waals surface area contributed by atoms with Crippen molar-refractivity contribution in [1.82, 2.24) is 9.97 Å². The lowest BCUT2D eigenvalue weighted by atomic mass is 9.82. The smallest absolute Gasteiger partial charge is 0.143 e. The van der Waals surface area contributed by atoms with E-state index in [1.54, 1.807) is 0 Å². The summed E-state index contributed by atoms with van der Waals surface area (Å²) in [7, 11) is 0. The van der Waals surface area contributed by atoms with Gasteiger partial charge in [-0.05, 0) is 80.8 Å². The summed E-state index contributed by atoms with van der Waals surface area (Å²) in [6.07, 6.45) is 8.31. The number of aromatic nitrogens is 2. The molecule has 0 unspecified atom stereocenters. The van der Waals surface area contributed by atoms with Crippen LogP contribution < -0.4 is 0 Å². The molecule has 252 valence electrons. The third kappa shape index (κ3) is 4.88. The molecule has 1 aliphatic rings. The summed E-state index contributed by atoms with van der Waals surface area (Å²) in [5.41, 5.74) is 11.7. The van der Waals surface area contributed by atoms with E-state index in [4.69, 9.17) is 14.4 Å². The van der Waals surface area contributed by atoms with Crippen molar-refractivity contribution < 1.29 is 4.42 Å². The first-order valence-electron chi connectivity index (χ1n) is 18.9. The van der Waals surface area contributed by atoms with Gasteiger partial charge in [-0.25, -0.2) is 4.98 Å². The Labute approximate surface area is 307 Å². The number of hydrogen-bond donors (Lipinski definition) is 0. The second-order valence-electron chi connectivity index (χ2n) is 14.7. The molecule has 0 amide bonds. The molecule has 3 nitrogen and oxygen atoms in total. The van der Waals surface area contributed by atoms with Crippen LogP contribution in [0.25, 0.3) is 98.8 Å². The monoisotopic (exact) mass is 680 g/mol. The molecule has 2 aromatic heterocycles. The Morgan fingerprint density at radius 3 is 1.85 bits per heavy atom. The van der Waals surface area contributed by atoms with Crippen LogP contribution in [-0.4, -0.2) is 9.97 Å². The van der Waals surface area contributed by atoms with E-state index in [1.165, 1.54) is 70.0 Å². The molecule has 0 N–H and O–H groups in total. The van der Waals surface area contributed by atoms with E-state index in [1.807, 2.05) is 6.20 Å². The van der Waals surface area contributed by atoms with E-state index in [0.29, 0.717) is 5.92 Å². The molecule has 53 heavy (non-hydrogen) atoms. The van der Waals surface area contributed by atoms with Crippen LogP contribution in [0.15, 0.2) is 156 Å². The lowest BCUT2D eigenvalue weighted by Gasteiger charge is -2.22. The Bertz CT molecular complexity index is 3020. The van der Waals surface area contributed by atoms with E-state index in [9.17, 15) is 0 Å². The van der Waals surface area contributed by atoms with Crippen molar-refractivity contribution in [3.05, 3.63) is 157 Å². The molecule has 1 saturated carbocycles. The number of rotatable bonds is 4. The molecule has 1 fully saturated rings. The van der Waals surface area contributed by atoms with Crippen molar-refractivity contribution in [2.24, 2.45) is 0 Å². The molecule has 2 heterocycles. The minimum Gasteiger partial charge on any atom is -0.455 e. The minimum absolute atomic E-state index is 0.542. The van der Waals surface area contributed by atoms with Gasteiger partial charge < -0.3 is 4.42 Å². The fraction of sp³-hybridized carbons (Fsp3) is 0.120. The Morgan fingerprint density at radius 1 is 0.472 bits per heavy atom. The van der Waals surface area contributed by atoms with Crippen LogP contribution in [0.4, 0.5) is 0 Å². The van der Waals surface area contributed by atoms with Crippen LogP contribution in [0.2, 0.25) is 0 Å². The van der Waals surface area contributed by atoms with Crippen LogP contribution >= 0.6 is 0 Å². The van der Waals surface area contributed by atoms with Crippen LogP contribution in [-0.2, 0) is 0 Å². The largest absolute Gasteiger partial charge is 0.455 e. The highest BCUT2D eigenvalue weighted by Gasteiger charge is 2.24. The second-order valence-corrected chi connectivity index (χ2v) is 14.7. The third-order valence-electron chi connectivity index (χ3n) is 11.7. The SMILES string of the molecule is c1cc(-c2cccc(-c3cccc4c3oc3c(C5CCCCC5)cc5ccccc5c34)c2)cc(-c2cnc3c4ccccc4c4ccccc4c3n2)c1. The quantitative estimate of drug-likeness (QED) is 0.174. The number of nitrogens with zero attached hydrogens (tertiary/aromatic N) is 2. The Balaban J connectivity index is 1.03. The van der Waals surface area contributed by atoms with Gasteiger partial charge in [0.05, 0.1) is 22.9 Å². The van der Waals surface area contributed by atoms with Crippen molar-refractivity contribution in [2.45, 2.75) is 38.0 Å². The zero-order chi connectivity index (χ0) is 34.9. The van der Waals surface area contributed by atoms with Gasteiger partial charge in [0.1, 0.15) is 11.2 Å². The van der Waals surface area contributed by atoms with Gasteiger partial charge >= 0.3 is 0 Å². The van der Waals surface area contributed by atoms with Gasteiger partial charge in [-0.2, -0.15) is 0 Å². The first-order chi connectivity index (χ1) is 26.3. The maximum atomic E-state index is 7.03. The van der Waals surface area contributed by atoms with E-state index in [0.717, 1.165) is 66.5 Å². The van der Waals surface area contributed by atoms with Gasteiger partial charge in [0, 0.05) is 32.7 Å². The van der Waals surface area contributed by atoms with Crippen molar-refractivity contribution >= 4 is 65.3 Å². The molecule has 3 heteroatoms. The molecule has 0 bridgehead atoms. The summed E-state index contributed by atoms with van der Waals surface area (Å²) in [6.45, 7) is 0. The number of furan rings is 1. The molecule has 1 aliphatic carbocycles. The van der Waals surface area contributed by atoms with Gasteiger partial charge in [-0.3, -0.25) is 4.98 Å². The van der Waals surface area contributed by atoms with Gasteiger partial charge in [0.15, 0.2) is 0 Å². The average molecular weight is 681 g/mol. The summed E-state index contributed by atoms with van der Waals surface area (Å²) in [5, 5.41) is 9.66. The van der Waals surface area contributed by atoms with Crippen molar-refractivity contribution in [2.75, 3.05) is 0 Å². The predicted octanol–water partition coefficient (Wildman–Crippen LogP) is 14.0. The number of benzene rings is 8. The molecule has 8 aromatic carbocycles. The lowest BCUT2D eigenvalue weighted by Crippen LogP contribution is -2.04. The van der Waals surface area contributed by atoms with Gasteiger partial charge in [-0.1, -0.05) is 147 Å². The highest BCUT2D eigenvalue weighted by atomic mass is 16.3. The van der Waals surface area contributed by atoms with Crippen molar-refractivity contribution in [1.29, 1.82) is 0 Å². The summed E-state index contributed by atoms with van der Waals surface area (Å²) in [4.78, 5) is 10.3. The maximum absolute atomic E-state index is 7.03. The molecular weight excluding hydrogens is 645 g/mol. The highest BCUT2D eigenvalue weighted by Crippen LogP contribution is 2.45. The molecule has 0 saturated heterocycles. The fourth-order valence-corrected chi connectivity index (χ4v) is 9.10. The van der Waals surface area contributed by atoms with Crippen LogP contribution in [0, 0.1) is 0 Å². The third-order valence-corrected chi connectivity index (χ3v) is 11.7. The molecular formula is C50H36N2O. The lowest BCUT2D eigenvalue weighted by molar-refractivity contribution is 0.442. The van der Waals surface area contributed by atoms with E-state index >= 15 is 0 Å². The summed E-state index contributed by atoms with van der Waals surface area (Å²) >= 11 is 0. The number of para-hydroxylation sites is 1. The Hall–Kier alpha value is -6.32. The topological polar surface area (TPSA) is 38.9 Å². The van der Waals surface area contributed by atoms with Gasteiger partial charge in [0.2, 0.25) is 0 Å². The Morgan fingerprint density at radius 2 is 1.08 bits per heavy atom. The molecule has 11 rings (SSSR count). The predicted molar refractivity (Wildman–Crippen MR) is 221 cm³/mol. The molecule has 10 aromatic rings. The van der Waals surface area contributed by atoms with Crippen molar-refractivity contribution in [3.8, 4) is 33.5 Å². The zero-order valence-corrected chi connectivity index (χ0v) is 29.3. The maximum Gasteiger partial charge on any atom is 0.143 e.